The molecule has 1 atom stereocenters. The summed E-state index contributed by atoms with van der Waals surface area (Å²) in [5.41, 5.74) is 6.01. The minimum atomic E-state index is -0.990. The van der Waals surface area contributed by atoms with E-state index < -0.39 is 17.7 Å². The first-order chi connectivity index (χ1) is 7.63. The summed E-state index contributed by atoms with van der Waals surface area (Å²) >= 11 is 0. The van der Waals surface area contributed by atoms with Crippen LogP contribution in [0.1, 0.15) is 18.3 Å². The van der Waals surface area contributed by atoms with E-state index in [4.69, 9.17) is 10.8 Å². The van der Waals surface area contributed by atoms with E-state index in [0.717, 1.165) is 6.07 Å². The van der Waals surface area contributed by atoms with E-state index in [9.17, 15) is 8.78 Å². The van der Waals surface area contributed by atoms with Gasteiger partial charge in [-0.2, -0.15) is 0 Å². The lowest BCUT2D eigenvalue weighted by Gasteiger charge is -2.04. The number of aromatic amines is 1. The molecule has 1 aromatic heterocycles. The summed E-state index contributed by atoms with van der Waals surface area (Å²) in [6.45, 7) is -0.0882. The molecule has 1 aromatic carbocycles. The largest absolute Gasteiger partial charge is 0.396 e. The lowest BCUT2D eigenvalue weighted by atomic mass is 10.2. The fourth-order valence-corrected chi connectivity index (χ4v) is 1.49. The van der Waals surface area contributed by atoms with Gasteiger partial charge in [-0.3, -0.25) is 0 Å². The Labute approximate surface area is 90.1 Å². The third-order valence-electron chi connectivity index (χ3n) is 2.36. The van der Waals surface area contributed by atoms with E-state index in [1.807, 2.05) is 0 Å². The molecule has 16 heavy (non-hydrogen) atoms. The molecule has 0 saturated carbocycles. The summed E-state index contributed by atoms with van der Waals surface area (Å²) < 4.78 is 26.2. The molecule has 4 N–H and O–H groups in total. The number of nitrogens with zero attached hydrogens (tertiary/aromatic N) is 1. The smallest absolute Gasteiger partial charge is 0.186 e. The SMILES string of the molecule is NC(CCO)c1nc2c(F)c(F)ccc2[nH]1. The zero-order valence-electron chi connectivity index (χ0n) is 8.37. The van der Waals surface area contributed by atoms with Gasteiger partial charge in [0.25, 0.3) is 0 Å². The lowest BCUT2D eigenvalue weighted by molar-refractivity contribution is 0.275. The second-order valence-electron chi connectivity index (χ2n) is 3.50. The Kier molecular flexibility index (Phi) is 2.84. The van der Waals surface area contributed by atoms with Crippen LogP contribution in [0.4, 0.5) is 8.78 Å². The van der Waals surface area contributed by atoms with Crippen molar-refractivity contribution in [1.29, 1.82) is 0 Å². The highest BCUT2D eigenvalue weighted by molar-refractivity contribution is 5.75. The summed E-state index contributed by atoms with van der Waals surface area (Å²) in [4.78, 5) is 6.68. The highest BCUT2D eigenvalue weighted by atomic mass is 19.2. The van der Waals surface area contributed by atoms with Crippen LogP contribution >= 0.6 is 0 Å². The number of aromatic nitrogens is 2. The van der Waals surface area contributed by atoms with Gasteiger partial charge in [0.15, 0.2) is 11.6 Å². The average Bonchev–Trinajstić information content (AvgIpc) is 2.69. The van der Waals surface area contributed by atoms with Gasteiger partial charge in [0.2, 0.25) is 0 Å². The van der Waals surface area contributed by atoms with Crippen LogP contribution in [-0.4, -0.2) is 21.7 Å². The van der Waals surface area contributed by atoms with Gasteiger partial charge < -0.3 is 15.8 Å². The summed E-state index contributed by atoms with van der Waals surface area (Å²) in [6.07, 6.45) is 0.309. The average molecular weight is 227 g/mol. The number of nitrogens with one attached hydrogen (secondary N) is 1. The first-order valence-corrected chi connectivity index (χ1v) is 4.83. The summed E-state index contributed by atoms with van der Waals surface area (Å²) in [5, 5.41) is 8.72. The maximum Gasteiger partial charge on any atom is 0.186 e. The predicted octanol–water partition coefficient (Wildman–Crippen LogP) is 1.22. The summed E-state index contributed by atoms with van der Waals surface area (Å²) in [7, 11) is 0. The van der Waals surface area contributed by atoms with Gasteiger partial charge in [-0.05, 0) is 18.6 Å². The van der Waals surface area contributed by atoms with Crippen LogP contribution in [0.3, 0.4) is 0 Å². The van der Waals surface area contributed by atoms with Gasteiger partial charge in [-0.25, -0.2) is 13.8 Å². The topological polar surface area (TPSA) is 74.9 Å². The second-order valence-corrected chi connectivity index (χ2v) is 3.50. The van der Waals surface area contributed by atoms with Gasteiger partial charge >= 0.3 is 0 Å². The van der Waals surface area contributed by atoms with E-state index in [-0.39, 0.29) is 12.1 Å². The van der Waals surface area contributed by atoms with Crippen LogP contribution in [0.5, 0.6) is 0 Å². The molecule has 1 heterocycles. The Morgan fingerprint density at radius 3 is 2.88 bits per heavy atom. The number of H-pyrrole nitrogens is 1. The molecule has 6 heteroatoms. The van der Waals surface area contributed by atoms with Crippen molar-refractivity contribution < 1.29 is 13.9 Å². The number of aliphatic hydroxyl groups excluding tert-OH is 1. The zero-order valence-corrected chi connectivity index (χ0v) is 8.37. The van der Waals surface area contributed by atoms with Crippen molar-refractivity contribution in [1.82, 2.24) is 9.97 Å². The van der Waals surface area contributed by atoms with Crippen molar-refractivity contribution >= 4 is 11.0 Å². The first-order valence-electron chi connectivity index (χ1n) is 4.83. The quantitative estimate of drug-likeness (QED) is 0.738. The van der Waals surface area contributed by atoms with Crippen molar-refractivity contribution in [3.63, 3.8) is 0 Å². The Morgan fingerprint density at radius 2 is 2.19 bits per heavy atom. The maximum atomic E-state index is 13.3. The molecule has 0 radical (unpaired) electrons. The third-order valence-corrected chi connectivity index (χ3v) is 2.36. The summed E-state index contributed by atoms with van der Waals surface area (Å²) in [5.74, 6) is -1.59. The number of hydrogen-bond donors (Lipinski definition) is 3. The molecule has 0 bridgehead atoms. The number of nitrogens with two attached hydrogens (primary N) is 1. The fraction of sp³-hybridized carbons (Fsp3) is 0.300. The molecule has 0 aliphatic heterocycles. The van der Waals surface area contributed by atoms with Crippen molar-refractivity contribution in [3.8, 4) is 0 Å². The van der Waals surface area contributed by atoms with Crippen molar-refractivity contribution in [2.45, 2.75) is 12.5 Å². The van der Waals surface area contributed by atoms with E-state index in [1.165, 1.54) is 6.07 Å². The second kappa shape index (κ2) is 4.15. The van der Waals surface area contributed by atoms with Gasteiger partial charge in [0.1, 0.15) is 11.3 Å². The Balaban J connectivity index is 2.48. The molecule has 0 aliphatic rings. The Bertz CT molecular complexity index is 512. The number of fused-ring (bicyclic) bond motifs is 1. The van der Waals surface area contributed by atoms with Gasteiger partial charge in [-0.15, -0.1) is 0 Å². The van der Waals surface area contributed by atoms with Crippen molar-refractivity contribution in [2.75, 3.05) is 6.61 Å². The van der Waals surface area contributed by atoms with Gasteiger partial charge in [0.05, 0.1) is 11.6 Å². The molecule has 0 amide bonds. The number of rotatable bonds is 3. The molecular formula is C10H11F2N3O. The molecule has 0 fully saturated rings. The monoisotopic (exact) mass is 227 g/mol. The number of aliphatic hydroxyl groups is 1. The van der Waals surface area contributed by atoms with Crippen LogP contribution in [-0.2, 0) is 0 Å². The molecule has 1 unspecified atom stereocenters. The molecule has 2 rings (SSSR count). The standard InChI is InChI=1S/C10H11F2N3O/c11-5-1-2-7-9(8(5)12)15-10(14-7)6(13)3-4-16/h1-2,6,16H,3-4,13H2,(H,14,15). The van der Waals surface area contributed by atoms with Crippen LogP contribution in [0, 0.1) is 11.6 Å². The number of hydrogen-bond acceptors (Lipinski definition) is 3. The highest BCUT2D eigenvalue weighted by Gasteiger charge is 2.15. The zero-order chi connectivity index (χ0) is 11.7. The predicted molar refractivity (Wildman–Crippen MR) is 54.6 cm³/mol. The number of imidazole rings is 1. The van der Waals surface area contributed by atoms with Crippen LogP contribution in [0.15, 0.2) is 12.1 Å². The Morgan fingerprint density at radius 1 is 1.44 bits per heavy atom. The fourth-order valence-electron chi connectivity index (χ4n) is 1.49. The normalized spacial score (nSPS) is 13.2. The Hall–Kier alpha value is -1.53. The lowest BCUT2D eigenvalue weighted by Crippen LogP contribution is -2.13. The third kappa shape index (κ3) is 1.77. The van der Waals surface area contributed by atoms with Crippen LogP contribution < -0.4 is 5.73 Å². The molecule has 2 aromatic rings. The van der Waals surface area contributed by atoms with E-state index >= 15 is 0 Å². The first kappa shape index (κ1) is 11.0. The van der Waals surface area contributed by atoms with E-state index in [2.05, 4.69) is 9.97 Å². The van der Waals surface area contributed by atoms with E-state index in [1.54, 1.807) is 0 Å². The van der Waals surface area contributed by atoms with Crippen molar-refractivity contribution in [2.24, 2.45) is 5.73 Å². The van der Waals surface area contributed by atoms with Crippen molar-refractivity contribution in [3.05, 3.63) is 29.6 Å². The van der Waals surface area contributed by atoms with E-state index in [0.29, 0.717) is 17.8 Å². The molecular weight excluding hydrogens is 216 g/mol. The minimum Gasteiger partial charge on any atom is -0.396 e. The van der Waals surface area contributed by atoms with Crippen LogP contribution in [0.2, 0.25) is 0 Å². The molecule has 0 saturated heterocycles. The highest BCUT2D eigenvalue weighted by Crippen LogP contribution is 2.20. The van der Waals surface area contributed by atoms with Gasteiger partial charge in [0, 0.05) is 6.61 Å². The number of halogens is 2. The molecule has 0 aliphatic carbocycles. The molecule has 0 spiro atoms. The summed E-state index contributed by atoms with van der Waals surface area (Å²) in [6, 6.07) is 1.91. The number of benzene rings is 1. The minimum absolute atomic E-state index is 0.0663. The van der Waals surface area contributed by atoms with Crippen LogP contribution in [0.25, 0.3) is 11.0 Å². The molecule has 4 nitrogen and oxygen atoms in total. The van der Waals surface area contributed by atoms with Gasteiger partial charge in [-0.1, -0.05) is 0 Å². The molecule has 86 valence electrons. The maximum absolute atomic E-state index is 13.3.